The summed E-state index contributed by atoms with van der Waals surface area (Å²) in [6, 6.07) is 14.5. The Kier molecular flexibility index (Phi) is 3.86. The third-order valence-corrected chi connectivity index (χ3v) is 4.45. The van der Waals surface area contributed by atoms with Crippen LogP contribution in [0.2, 0.25) is 5.02 Å². The molecule has 4 rings (SSSR count). The molecule has 0 bridgehead atoms. The first-order valence-electron chi connectivity index (χ1n) is 7.85. The molecule has 3 aromatic rings. The molecule has 1 aliphatic heterocycles. The van der Waals surface area contributed by atoms with Crippen molar-refractivity contribution in [3.8, 4) is 0 Å². The lowest BCUT2D eigenvalue weighted by molar-refractivity contribution is -0.119. The number of hydrazone groups is 1. The number of aromatic nitrogens is 1. The lowest BCUT2D eigenvalue weighted by Crippen LogP contribution is -2.10. The average Bonchev–Trinajstić information content (AvgIpc) is 3.19. The summed E-state index contributed by atoms with van der Waals surface area (Å²) in [5.74, 6) is -0.224. The molecule has 0 saturated heterocycles. The Labute approximate surface area is 148 Å². The smallest absolute Gasteiger partial charge is 0.262 e. The minimum atomic E-state index is -0.123. The van der Waals surface area contributed by atoms with Crippen molar-refractivity contribution in [3.05, 3.63) is 70.9 Å². The molecular weight excluding hydrogens is 338 g/mol. The fourth-order valence-electron chi connectivity index (χ4n) is 3.02. The zero-order chi connectivity index (χ0) is 17.4. The van der Waals surface area contributed by atoms with E-state index < -0.39 is 0 Å². The Morgan fingerprint density at radius 3 is 2.64 bits per heavy atom. The van der Waals surface area contributed by atoms with Crippen LogP contribution < -0.4 is 5.43 Å². The molecule has 1 aliphatic rings. The van der Waals surface area contributed by atoms with Crippen molar-refractivity contribution >= 4 is 40.0 Å². The van der Waals surface area contributed by atoms with E-state index >= 15 is 0 Å². The van der Waals surface area contributed by atoms with Gasteiger partial charge in [-0.15, -0.1) is 0 Å². The van der Waals surface area contributed by atoms with Gasteiger partial charge in [0.1, 0.15) is 0 Å². The Balaban J connectivity index is 1.75. The van der Waals surface area contributed by atoms with Crippen LogP contribution in [-0.4, -0.2) is 22.1 Å². The Hall–Kier alpha value is -2.92. The SMILES string of the molecule is O=C1CC(Cc2cn(C(=O)c3ccc(Cl)cc3)c3ccccc23)=NN1. The third-order valence-electron chi connectivity index (χ3n) is 4.20. The molecule has 0 atom stereocenters. The summed E-state index contributed by atoms with van der Waals surface area (Å²) in [5, 5.41) is 5.62. The number of carbonyl (C=O) groups is 2. The maximum absolute atomic E-state index is 12.9. The van der Waals surface area contributed by atoms with Gasteiger partial charge in [-0.05, 0) is 35.9 Å². The largest absolute Gasteiger partial charge is 0.283 e. The van der Waals surface area contributed by atoms with Gasteiger partial charge in [0.25, 0.3) is 5.91 Å². The van der Waals surface area contributed by atoms with Crippen molar-refractivity contribution < 1.29 is 9.59 Å². The van der Waals surface area contributed by atoms with E-state index in [0.29, 0.717) is 23.4 Å². The van der Waals surface area contributed by atoms with E-state index in [0.717, 1.165) is 22.2 Å². The summed E-state index contributed by atoms with van der Waals surface area (Å²) in [5.41, 5.74) is 5.59. The average molecular weight is 352 g/mol. The van der Waals surface area contributed by atoms with Gasteiger partial charge in [0.05, 0.1) is 17.6 Å². The number of hydrogen-bond donors (Lipinski definition) is 1. The summed E-state index contributed by atoms with van der Waals surface area (Å²) in [4.78, 5) is 24.2. The van der Waals surface area contributed by atoms with Crippen molar-refractivity contribution in [2.24, 2.45) is 5.10 Å². The van der Waals surface area contributed by atoms with Crippen molar-refractivity contribution in [1.29, 1.82) is 0 Å². The summed E-state index contributed by atoms with van der Waals surface area (Å²) in [7, 11) is 0. The zero-order valence-corrected chi connectivity index (χ0v) is 14.0. The normalized spacial score (nSPS) is 13.8. The van der Waals surface area contributed by atoms with Gasteiger partial charge >= 0.3 is 0 Å². The van der Waals surface area contributed by atoms with Crippen LogP contribution in [-0.2, 0) is 11.2 Å². The first kappa shape index (κ1) is 15.6. The summed E-state index contributed by atoms with van der Waals surface area (Å²) >= 11 is 5.90. The van der Waals surface area contributed by atoms with Gasteiger partial charge in [0.15, 0.2) is 0 Å². The van der Waals surface area contributed by atoms with Crippen LogP contribution in [0.1, 0.15) is 22.3 Å². The zero-order valence-electron chi connectivity index (χ0n) is 13.2. The second-order valence-electron chi connectivity index (χ2n) is 5.92. The maximum Gasteiger partial charge on any atom is 0.262 e. The molecule has 0 fully saturated rings. The topological polar surface area (TPSA) is 63.5 Å². The Morgan fingerprint density at radius 2 is 1.92 bits per heavy atom. The molecule has 0 saturated carbocycles. The number of benzene rings is 2. The highest BCUT2D eigenvalue weighted by Gasteiger charge is 2.19. The molecule has 6 heteroatoms. The van der Waals surface area contributed by atoms with Gasteiger partial charge < -0.3 is 0 Å². The van der Waals surface area contributed by atoms with Crippen LogP contribution in [0.3, 0.4) is 0 Å². The van der Waals surface area contributed by atoms with Gasteiger partial charge in [-0.1, -0.05) is 29.8 Å². The number of nitrogens with one attached hydrogen (secondary N) is 1. The van der Waals surface area contributed by atoms with Crippen molar-refractivity contribution in [1.82, 2.24) is 9.99 Å². The molecule has 25 heavy (non-hydrogen) atoms. The number of para-hydroxylation sites is 1. The minimum absolute atomic E-state index is 0.101. The fraction of sp³-hybridized carbons (Fsp3) is 0.105. The third kappa shape index (κ3) is 2.94. The Morgan fingerprint density at radius 1 is 1.16 bits per heavy atom. The highest BCUT2D eigenvalue weighted by molar-refractivity contribution is 6.30. The molecule has 1 aromatic heterocycles. The van der Waals surface area contributed by atoms with E-state index in [4.69, 9.17) is 11.6 Å². The van der Waals surface area contributed by atoms with Gasteiger partial charge in [-0.25, -0.2) is 5.43 Å². The first-order valence-corrected chi connectivity index (χ1v) is 8.23. The van der Waals surface area contributed by atoms with Gasteiger partial charge in [-0.2, -0.15) is 5.10 Å². The second kappa shape index (κ2) is 6.18. The van der Waals surface area contributed by atoms with Crippen molar-refractivity contribution in [2.75, 3.05) is 0 Å². The fourth-order valence-corrected chi connectivity index (χ4v) is 3.14. The highest BCUT2D eigenvalue weighted by atomic mass is 35.5. The van der Waals surface area contributed by atoms with E-state index in [-0.39, 0.29) is 11.8 Å². The molecule has 5 nitrogen and oxygen atoms in total. The number of amides is 1. The number of fused-ring (bicyclic) bond motifs is 1. The van der Waals surface area contributed by atoms with Gasteiger partial charge in [-0.3, -0.25) is 14.2 Å². The van der Waals surface area contributed by atoms with Crippen LogP contribution in [0.5, 0.6) is 0 Å². The van der Waals surface area contributed by atoms with Gasteiger partial charge in [0.2, 0.25) is 5.91 Å². The molecule has 2 heterocycles. The molecule has 0 radical (unpaired) electrons. The van der Waals surface area contributed by atoms with E-state index in [1.165, 1.54) is 0 Å². The number of carbonyl (C=O) groups excluding carboxylic acids is 2. The second-order valence-corrected chi connectivity index (χ2v) is 6.36. The van der Waals surface area contributed by atoms with E-state index in [9.17, 15) is 9.59 Å². The molecule has 2 aromatic carbocycles. The maximum atomic E-state index is 12.9. The predicted molar refractivity (Wildman–Crippen MR) is 97.0 cm³/mol. The molecule has 0 spiro atoms. The quantitative estimate of drug-likeness (QED) is 0.786. The van der Waals surface area contributed by atoms with Crippen LogP contribution in [0.4, 0.5) is 0 Å². The molecular formula is C19H14ClN3O2. The number of halogens is 1. The van der Waals surface area contributed by atoms with E-state index in [1.807, 2.05) is 30.5 Å². The van der Waals surface area contributed by atoms with Crippen molar-refractivity contribution in [3.63, 3.8) is 0 Å². The molecule has 0 aliphatic carbocycles. The number of hydrogen-bond acceptors (Lipinski definition) is 3. The van der Waals surface area contributed by atoms with Crippen LogP contribution in [0.25, 0.3) is 10.9 Å². The summed E-state index contributed by atoms with van der Waals surface area (Å²) in [6.07, 6.45) is 2.65. The highest BCUT2D eigenvalue weighted by Crippen LogP contribution is 2.24. The summed E-state index contributed by atoms with van der Waals surface area (Å²) in [6.45, 7) is 0. The Bertz CT molecular complexity index is 1020. The van der Waals surface area contributed by atoms with Crippen molar-refractivity contribution in [2.45, 2.75) is 12.8 Å². The van der Waals surface area contributed by atoms with Crippen LogP contribution >= 0.6 is 11.6 Å². The van der Waals surface area contributed by atoms with E-state index in [2.05, 4.69) is 10.5 Å². The van der Waals surface area contributed by atoms with Crippen LogP contribution in [0.15, 0.2) is 59.8 Å². The lowest BCUT2D eigenvalue weighted by Gasteiger charge is -2.04. The van der Waals surface area contributed by atoms with E-state index in [1.54, 1.807) is 28.8 Å². The predicted octanol–water partition coefficient (Wildman–Crippen LogP) is 3.40. The number of rotatable bonds is 3. The van der Waals surface area contributed by atoms with Crippen LogP contribution in [0, 0.1) is 0 Å². The number of nitrogens with zero attached hydrogens (tertiary/aromatic N) is 2. The lowest BCUT2D eigenvalue weighted by atomic mass is 10.1. The summed E-state index contributed by atoms with van der Waals surface area (Å²) < 4.78 is 1.64. The molecule has 1 amide bonds. The monoisotopic (exact) mass is 351 g/mol. The molecule has 0 unspecified atom stereocenters. The molecule has 124 valence electrons. The first-order chi connectivity index (χ1) is 12.1. The molecule has 1 N–H and O–H groups in total. The standard InChI is InChI=1S/C19H14ClN3O2/c20-14-7-5-12(6-8-14)19(25)23-11-13(9-15-10-18(24)22-21-15)16-3-1-2-4-17(16)23/h1-8,11H,9-10H2,(H,22,24). The van der Waals surface area contributed by atoms with Gasteiger partial charge in [0, 0.05) is 28.6 Å². The minimum Gasteiger partial charge on any atom is -0.283 e.